The molecule has 0 bridgehead atoms. The van der Waals surface area contributed by atoms with Crippen molar-refractivity contribution in [3.8, 4) is 11.5 Å². The summed E-state index contributed by atoms with van der Waals surface area (Å²) in [6, 6.07) is 7.21. The maximum atomic E-state index is 12.1. The molecule has 0 aliphatic carbocycles. The van der Waals surface area contributed by atoms with E-state index < -0.39 is 0 Å². The number of nitrogens with one attached hydrogen (secondary N) is 1. The van der Waals surface area contributed by atoms with Gasteiger partial charge in [0.05, 0.1) is 11.8 Å². The Morgan fingerprint density at radius 2 is 2.05 bits per heavy atom. The molecular formula is C15H15N5O2. The molecule has 7 nitrogen and oxygen atoms in total. The van der Waals surface area contributed by atoms with Gasteiger partial charge in [-0.25, -0.2) is 0 Å². The van der Waals surface area contributed by atoms with Crippen LogP contribution in [0.15, 0.2) is 41.1 Å². The first kappa shape index (κ1) is 14.0. The molecule has 0 aliphatic heterocycles. The monoisotopic (exact) mass is 297 g/mol. The maximum absolute atomic E-state index is 12.1. The van der Waals surface area contributed by atoms with Crippen LogP contribution in [0.5, 0.6) is 0 Å². The highest BCUT2D eigenvalue weighted by Crippen LogP contribution is 2.20. The Morgan fingerprint density at radius 1 is 1.27 bits per heavy atom. The molecule has 3 rings (SSSR count). The molecule has 0 atom stereocenters. The fraction of sp³-hybridized carbons (Fsp3) is 0.200. The summed E-state index contributed by atoms with van der Waals surface area (Å²) in [5.41, 5.74) is 2.02. The Morgan fingerprint density at radius 3 is 2.64 bits per heavy atom. The Balaban J connectivity index is 1.72. The van der Waals surface area contributed by atoms with Crippen LogP contribution in [0.4, 0.5) is 5.69 Å². The summed E-state index contributed by atoms with van der Waals surface area (Å²) < 4.78 is 7.06. The molecule has 0 saturated heterocycles. The van der Waals surface area contributed by atoms with E-state index in [1.54, 1.807) is 36.1 Å². The highest BCUT2D eigenvalue weighted by Gasteiger charge is 2.10. The molecule has 1 N–H and O–H groups in total. The first-order chi connectivity index (χ1) is 10.7. The summed E-state index contributed by atoms with van der Waals surface area (Å²) in [4.78, 5) is 12.1. The minimum atomic E-state index is -0.193. The molecule has 1 amide bonds. The van der Waals surface area contributed by atoms with Crippen molar-refractivity contribution in [2.24, 2.45) is 0 Å². The van der Waals surface area contributed by atoms with Gasteiger partial charge in [0.2, 0.25) is 11.8 Å². The summed E-state index contributed by atoms with van der Waals surface area (Å²) in [5, 5.41) is 14.6. The molecule has 112 valence electrons. The van der Waals surface area contributed by atoms with Crippen LogP contribution in [0, 0.1) is 6.92 Å². The molecule has 7 heteroatoms. The minimum Gasteiger partial charge on any atom is -0.421 e. The Kier molecular flexibility index (Phi) is 3.69. The van der Waals surface area contributed by atoms with Gasteiger partial charge in [-0.05, 0) is 31.2 Å². The SMILES string of the molecule is CCn1cc(C(=O)Nc2ccc(-c3nnc(C)o3)cc2)cn1. The smallest absolute Gasteiger partial charge is 0.258 e. The summed E-state index contributed by atoms with van der Waals surface area (Å²) in [5.74, 6) is 0.779. The second kappa shape index (κ2) is 5.80. The lowest BCUT2D eigenvalue weighted by Crippen LogP contribution is -2.11. The van der Waals surface area contributed by atoms with Gasteiger partial charge in [-0.3, -0.25) is 9.48 Å². The molecular weight excluding hydrogens is 282 g/mol. The van der Waals surface area contributed by atoms with Gasteiger partial charge in [-0.1, -0.05) is 0 Å². The van der Waals surface area contributed by atoms with Crippen molar-refractivity contribution in [1.82, 2.24) is 20.0 Å². The second-order valence-corrected chi connectivity index (χ2v) is 4.74. The predicted octanol–water partition coefficient (Wildman–Crippen LogP) is 2.51. The molecule has 22 heavy (non-hydrogen) atoms. The van der Waals surface area contributed by atoms with Crippen LogP contribution in [0.25, 0.3) is 11.5 Å². The van der Waals surface area contributed by atoms with E-state index in [-0.39, 0.29) is 5.91 Å². The van der Waals surface area contributed by atoms with Crippen LogP contribution in [-0.4, -0.2) is 25.9 Å². The third-order valence-electron chi connectivity index (χ3n) is 3.14. The predicted molar refractivity (Wildman–Crippen MR) is 80.3 cm³/mol. The van der Waals surface area contributed by atoms with E-state index in [2.05, 4.69) is 20.6 Å². The van der Waals surface area contributed by atoms with Gasteiger partial charge in [0.25, 0.3) is 5.91 Å². The Hall–Kier alpha value is -2.96. The van der Waals surface area contributed by atoms with Crippen molar-refractivity contribution in [1.29, 1.82) is 0 Å². The number of amides is 1. The van der Waals surface area contributed by atoms with E-state index in [4.69, 9.17) is 4.42 Å². The van der Waals surface area contributed by atoms with Gasteiger partial charge in [0.1, 0.15) is 0 Å². The van der Waals surface area contributed by atoms with Gasteiger partial charge >= 0.3 is 0 Å². The second-order valence-electron chi connectivity index (χ2n) is 4.74. The molecule has 3 aromatic rings. The number of benzene rings is 1. The van der Waals surface area contributed by atoms with Crippen molar-refractivity contribution in [2.45, 2.75) is 20.4 Å². The first-order valence-corrected chi connectivity index (χ1v) is 6.90. The van der Waals surface area contributed by atoms with E-state index in [1.165, 1.54) is 0 Å². The summed E-state index contributed by atoms with van der Waals surface area (Å²) in [6.07, 6.45) is 3.26. The minimum absolute atomic E-state index is 0.193. The van der Waals surface area contributed by atoms with Gasteiger partial charge in [0.15, 0.2) is 0 Å². The topological polar surface area (TPSA) is 85.8 Å². The summed E-state index contributed by atoms with van der Waals surface area (Å²) >= 11 is 0. The molecule has 2 heterocycles. The Labute approximate surface area is 127 Å². The zero-order valence-electron chi connectivity index (χ0n) is 12.3. The number of carbonyl (C=O) groups excluding carboxylic acids is 1. The quantitative estimate of drug-likeness (QED) is 0.799. The molecule has 0 fully saturated rings. The lowest BCUT2D eigenvalue weighted by molar-refractivity contribution is 0.102. The zero-order valence-corrected chi connectivity index (χ0v) is 12.3. The van der Waals surface area contributed by atoms with Crippen LogP contribution in [-0.2, 0) is 6.54 Å². The molecule has 2 aromatic heterocycles. The lowest BCUT2D eigenvalue weighted by atomic mass is 10.2. The normalized spacial score (nSPS) is 10.6. The molecule has 0 saturated carbocycles. The van der Waals surface area contributed by atoms with Crippen LogP contribution in [0.1, 0.15) is 23.2 Å². The third kappa shape index (κ3) is 2.88. The molecule has 0 unspecified atom stereocenters. The highest BCUT2D eigenvalue weighted by molar-refractivity contribution is 6.04. The van der Waals surface area contributed by atoms with Crippen LogP contribution >= 0.6 is 0 Å². The van der Waals surface area contributed by atoms with Gasteiger partial charge in [-0.2, -0.15) is 5.10 Å². The first-order valence-electron chi connectivity index (χ1n) is 6.90. The van der Waals surface area contributed by atoms with E-state index >= 15 is 0 Å². The number of aryl methyl sites for hydroxylation is 2. The van der Waals surface area contributed by atoms with Crippen molar-refractivity contribution in [2.75, 3.05) is 5.32 Å². The molecule has 0 aliphatic rings. The van der Waals surface area contributed by atoms with Crippen molar-refractivity contribution < 1.29 is 9.21 Å². The van der Waals surface area contributed by atoms with Gasteiger partial charge in [0, 0.05) is 30.9 Å². The number of carbonyl (C=O) groups is 1. The Bertz CT molecular complexity index is 788. The van der Waals surface area contributed by atoms with Crippen LogP contribution < -0.4 is 5.32 Å². The summed E-state index contributed by atoms with van der Waals surface area (Å²) in [6.45, 7) is 4.43. The average Bonchev–Trinajstić information content (AvgIpc) is 3.17. The number of aromatic nitrogens is 4. The average molecular weight is 297 g/mol. The van der Waals surface area contributed by atoms with E-state index in [9.17, 15) is 4.79 Å². The zero-order chi connectivity index (χ0) is 15.5. The van der Waals surface area contributed by atoms with E-state index in [0.29, 0.717) is 23.0 Å². The molecule has 0 radical (unpaired) electrons. The van der Waals surface area contributed by atoms with E-state index in [1.807, 2.05) is 19.1 Å². The molecule has 1 aromatic carbocycles. The third-order valence-corrected chi connectivity index (χ3v) is 3.14. The number of rotatable bonds is 4. The van der Waals surface area contributed by atoms with Crippen LogP contribution in [0.3, 0.4) is 0 Å². The summed E-state index contributed by atoms with van der Waals surface area (Å²) in [7, 11) is 0. The highest BCUT2D eigenvalue weighted by atomic mass is 16.4. The standard InChI is InChI=1S/C15H15N5O2/c1-3-20-9-12(8-16-20)14(21)17-13-6-4-11(5-7-13)15-19-18-10(2)22-15/h4-9H,3H2,1-2H3,(H,17,21). The van der Waals surface area contributed by atoms with Gasteiger partial charge in [-0.15, -0.1) is 10.2 Å². The molecule has 0 spiro atoms. The largest absolute Gasteiger partial charge is 0.421 e. The number of anilines is 1. The van der Waals surface area contributed by atoms with E-state index in [0.717, 1.165) is 12.1 Å². The van der Waals surface area contributed by atoms with Crippen molar-refractivity contribution in [3.63, 3.8) is 0 Å². The van der Waals surface area contributed by atoms with Crippen molar-refractivity contribution >= 4 is 11.6 Å². The fourth-order valence-corrected chi connectivity index (χ4v) is 1.97. The number of hydrogen-bond acceptors (Lipinski definition) is 5. The number of hydrogen-bond donors (Lipinski definition) is 1. The number of nitrogens with zero attached hydrogens (tertiary/aromatic N) is 4. The fourth-order valence-electron chi connectivity index (χ4n) is 1.97. The maximum Gasteiger partial charge on any atom is 0.258 e. The van der Waals surface area contributed by atoms with Crippen molar-refractivity contribution in [3.05, 3.63) is 48.1 Å². The van der Waals surface area contributed by atoms with Gasteiger partial charge < -0.3 is 9.73 Å². The van der Waals surface area contributed by atoms with Crippen LogP contribution in [0.2, 0.25) is 0 Å². The lowest BCUT2D eigenvalue weighted by Gasteiger charge is -2.04.